The Morgan fingerprint density at radius 2 is 1.29 bits per heavy atom. The summed E-state index contributed by atoms with van der Waals surface area (Å²) in [6.45, 7) is 4.58. The molecular formula is C52H72N16O8. The number of amides is 8. The van der Waals surface area contributed by atoms with Crippen LogP contribution in [0.25, 0.3) is 21.7 Å². The minimum atomic E-state index is -1.34. The summed E-state index contributed by atoms with van der Waals surface area (Å²) < 4.78 is 0. The molecule has 0 saturated heterocycles. The fourth-order valence-electron chi connectivity index (χ4n) is 8.38. The number of hydrogen-bond acceptors (Lipinski definition) is 12. The number of primary amides is 1. The first-order valence-corrected chi connectivity index (χ1v) is 25.2. The number of benzene rings is 3. The zero-order chi connectivity index (χ0) is 55.3. The van der Waals surface area contributed by atoms with Crippen molar-refractivity contribution in [3.8, 4) is 0 Å². The molecule has 0 radical (unpaired) electrons. The second-order valence-corrected chi connectivity index (χ2v) is 19.0. The van der Waals surface area contributed by atoms with Crippen molar-refractivity contribution >= 4 is 74.9 Å². The third kappa shape index (κ3) is 17.9. The van der Waals surface area contributed by atoms with Crippen LogP contribution in [0, 0.1) is 5.92 Å². The van der Waals surface area contributed by atoms with E-state index in [0.29, 0.717) is 36.2 Å². The van der Waals surface area contributed by atoms with Crippen LogP contribution in [-0.4, -0.2) is 130 Å². The standard InChI is InChI=1S/C52H72N16O8/c1-29(2)44(45(55)70)68-46(71)30(3)63-49(74)39(15-8-9-19-53)64-43(69)27-61-48(73)42(23-34-25-60-38-14-7-6-13-36(34)38)67-50(75)40(16-10-20-59-52(56)57)65-51(76)41(66-47(72)37(54)24-35-26-58-28-62-35)22-31-17-18-32-11-4-5-12-33(32)21-31/h4-7,11-14,17-18,21,25-26,28-30,37,39-42,44,60H,8-10,15-16,19-20,22-24,27,53-54H2,1-3H3,(H2,55,70)(H,58,62)(H,61,73)(H,63,74)(H,64,69)(H,65,76)(H,66,72)(H,67,75)(H,68,71)(H4,56,57,59)/t30-,37+,39+,40+,41-,42+,44+/m1/s1. The fraction of sp³-hybridized carbons (Fsp3) is 0.423. The number of unbranched alkanes of at least 4 members (excludes halogenated alkanes) is 1. The van der Waals surface area contributed by atoms with Crippen molar-refractivity contribution in [1.29, 1.82) is 0 Å². The molecule has 0 spiro atoms. The van der Waals surface area contributed by atoms with Crippen molar-refractivity contribution in [3.05, 3.63) is 102 Å². The second-order valence-electron chi connectivity index (χ2n) is 19.0. The van der Waals surface area contributed by atoms with Gasteiger partial charge in [-0.05, 0) is 79.5 Å². The number of para-hydroxylation sites is 1. The van der Waals surface area contributed by atoms with Crippen molar-refractivity contribution in [2.75, 3.05) is 19.6 Å². The fourth-order valence-corrected chi connectivity index (χ4v) is 8.38. The number of fused-ring (bicyclic) bond motifs is 2. The van der Waals surface area contributed by atoms with E-state index in [1.807, 2.05) is 66.7 Å². The quantitative estimate of drug-likeness (QED) is 0.0146. The van der Waals surface area contributed by atoms with Crippen LogP contribution in [0.2, 0.25) is 0 Å². The number of guanidine groups is 1. The lowest BCUT2D eigenvalue weighted by atomic mass is 9.99. The van der Waals surface area contributed by atoms with Crippen molar-refractivity contribution in [3.63, 3.8) is 0 Å². The largest absolute Gasteiger partial charge is 0.370 e. The van der Waals surface area contributed by atoms with Gasteiger partial charge in [-0.15, -0.1) is 0 Å². The number of aliphatic imine (C=N–C) groups is 1. The molecule has 76 heavy (non-hydrogen) atoms. The van der Waals surface area contributed by atoms with E-state index in [0.717, 1.165) is 21.7 Å². The van der Waals surface area contributed by atoms with E-state index in [4.69, 9.17) is 28.7 Å². The zero-order valence-electron chi connectivity index (χ0n) is 43.0. The molecule has 408 valence electrons. The summed E-state index contributed by atoms with van der Waals surface area (Å²) >= 11 is 0. The van der Waals surface area contributed by atoms with Gasteiger partial charge in [-0.1, -0.05) is 74.5 Å². The van der Waals surface area contributed by atoms with Gasteiger partial charge >= 0.3 is 0 Å². The van der Waals surface area contributed by atoms with Gasteiger partial charge < -0.3 is 75.9 Å². The van der Waals surface area contributed by atoms with E-state index < -0.39 is 96.1 Å². The summed E-state index contributed by atoms with van der Waals surface area (Å²) in [5, 5.41) is 21.3. The van der Waals surface area contributed by atoms with E-state index >= 15 is 0 Å². The van der Waals surface area contributed by atoms with Crippen molar-refractivity contribution < 1.29 is 38.4 Å². The zero-order valence-corrected chi connectivity index (χ0v) is 43.0. The van der Waals surface area contributed by atoms with Crippen LogP contribution in [0.1, 0.15) is 69.7 Å². The Hall–Kier alpha value is -8.38. The van der Waals surface area contributed by atoms with Crippen LogP contribution >= 0.6 is 0 Å². The summed E-state index contributed by atoms with van der Waals surface area (Å²) in [4.78, 5) is 123. The van der Waals surface area contributed by atoms with Gasteiger partial charge in [-0.3, -0.25) is 43.3 Å². The minimum absolute atomic E-state index is 0.00868. The third-order valence-electron chi connectivity index (χ3n) is 12.6. The number of hydrogen-bond donors (Lipinski definition) is 14. The molecule has 2 aromatic heterocycles. The van der Waals surface area contributed by atoms with Crippen LogP contribution in [-0.2, 0) is 57.6 Å². The lowest BCUT2D eigenvalue weighted by molar-refractivity contribution is -0.134. The van der Waals surface area contributed by atoms with Crippen LogP contribution in [0.3, 0.4) is 0 Å². The molecule has 3 aromatic carbocycles. The molecule has 8 amide bonds. The molecule has 5 aromatic rings. The highest BCUT2D eigenvalue weighted by Crippen LogP contribution is 2.20. The Morgan fingerprint density at radius 1 is 0.645 bits per heavy atom. The summed E-state index contributed by atoms with van der Waals surface area (Å²) in [6, 6.07) is 12.4. The van der Waals surface area contributed by atoms with Crippen molar-refractivity contribution in [1.82, 2.24) is 52.2 Å². The second kappa shape index (κ2) is 28.9. The van der Waals surface area contributed by atoms with Crippen molar-refractivity contribution in [2.24, 2.45) is 39.6 Å². The number of rotatable bonds is 30. The molecule has 7 atom stereocenters. The van der Waals surface area contributed by atoms with Gasteiger partial charge in [0, 0.05) is 54.8 Å². The van der Waals surface area contributed by atoms with Crippen LogP contribution < -0.4 is 65.9 Å². The van der Waals surface area contributed by atoms with Gasteiger partial charge in [0.25, 0.3) is 0 Å². The van der Waals surface area contributed by atoms with Crippen LogP contribution in [0.5, 0.6) is 0 Å². The molecule has 0 saturated carbocycles. The van der Waals surface area contributed by atoms with E-state index in [2.05, 4.69) is 57.2 Å². The number of H-pyrrole nitrogens is 2. The van der Waals surface area contributed by atoms with Gasteiger partial charge in [-0.2, -0.15) is 0 Å². The third-order valence-corrected chi connectivity index (χ3v) is 12.6. The van der Waals surface area contributed by atoms with Gasteiger partial charge in [0.15, 0.2) is 5.96 Å². The Labute approximate surface area is 440 Å². The number of aromatic nitrogens is 3. The lowest BCUT2D eigenvalue weighted by Crippen LogP contribution is -2.59. The summed E-state index contributed by atoms with van der Waals surface area (Å²) in [7, 11) is 0. The molecule has 0 bridgehead atoms. The van der Waals surface area contributed by atoms with Crippen LogP contribution in [0.15, 0.2) is 90.4 Å². The SMILES string of the molecule is CC(C)[C@H](NC(=O)[C@@H](C)NC(=O)[C@H](CCCCN)NC(=O)CNC(=O)[C@H](Cc1c[nH]c2ccccc12)NC(=O)[C@H](CCCN=C(N)N)NC(=O)[C@@H](Cc1ccc2ccccc2c1)NC(=O)[C@@H](N)Cc1cnc[nH]1)C(N)=O. The Balaban J connectivity index is 1.36. The molecular weight excluding hydrogens is 977 g/mol. The average Bonchev–Trinajstić information content (AvgIpc) is 4.07. The first-order valence-electron chi connectivity index (χ1n) is 25.2. The Kier molecular flexibility index (Phi) is 22.3. The predicted molar refractivity (Wildman–Crippen MR) is 287 cm³/mol. The molecule has 19 N–H and O–H groups in total. The molecule has 0 unspecified atom stereocenters. The van der Waals surface area contributed by atoms with Crippen molar-refractivity contribution in [2.45, 2.75) is 114 Å². The highest BCUT2D eigenvalue weighted by atomic mass is 16.2. The normalized spacial score (nSPS) is 14.0. The number of imidazole rings is 1. The molecule has 0 aliphatic heterocycles. The number of nitrogens with two attached hydrogens (primary N) is 5. The van der Waals surface area contributed by atoms with Gasteiger partial charge in [0.05, 0.1) is 18.9 Å². The molecule has 24 nitrogen and oxygen atoms in total. The molecule has 5 rings (SSSR count). The summed E-state index contributed by atoms with van der Waals surface area (Å²) in [5.74, 6) is -6.30. The molecule has 24 heteroatoms. The van der Waals surface area contributed by atoms with E-state index in [1.165, 1.54) is 19.4 Å². The predicted octanol–water partition coefficient (Wildman–Crippen LogP) is -1.23. The average molecular weight is 1050 g/mol. The number of nitrogens with one attached hydrogen (secondary N) is 9. The first kappa shape index (κ1) is 58.5. The number of aromatic amines is 2. The smallest absolute Gasteiger partial charge is 0.243 e. The highest BCUT2D eigenvalue weighted by Gasteiger charge is 2.33. The lowest BCUT2D eigenvalue weighted by Gasteiger charge is -2.26. The van der Waals surface area contributed by atoms with E-state index in [-0.39, 0.29) is 56.9 Å². The molecule has 0 aliphatic rings. The van der Waals surface area contributed by atoms with E-state index in [9.17, 15) is 38.4 Å². The number of carbonyl (C=O) groups is 8. The maximum atomic E-state index is 14.6. The number of carbonyl (C=O) groups excluding carboxylic acids is 8. The first-order chi connectivity index (χ1) is 36.3. The number of nitrogens with zero attached hydrogens (tertiary/aromatic N) is 2. The van der Waals surface area contributed by atoms with E-state index in [1.54, 1.807) is 20.0 Å². The molecule has 0 fully saturated rings. The minimum Gasteiger partial charge on any atom is -0.370 e. The monoisotopic (exact) mass is 1050 g/mol. The van der Waals surface area contributed by atoms with Gasteiger partial charge in [0.1, 0.15) is 36.3 Å². The maximum Gasteiger partial charge on any atom is 0.243 e. The van der Waals surface area contributed by atoms with Crippen LogP contribution in [0.4, 0.5) is 0 Å². The van der Waals surface area contributed by atoms with Gasteiger partial charge in [-0.25, -0.2) is 4.98 Å². The molecule has 0 aliphatic carbocycles. The topological polar surface area (TPSA) is 408 Å². The summed E-state index contributed by atoms with van der Waals surface area (Å²) in [6.07, 6.45) is 5.96. The Morgan fingerprint density at radius 3 is 1.99 bits per heavy atom. The summed E-state index contributed by atoms with van der Waals surface area (Å²) in [5.41, 5.74) is 31.4. The van der Waals surface area contributed by atoms with Gasteiger partial charge in [0.2, 0.25) is 47.3 Å². The Bertz CT molecular complexity index is 2810. The highest BCUT2D eigenvalue weighted by molar-refractivity contribution is 5.97. The maximum absolute atomic E-state index is 14.6. The molecule has 2 heterocycles.